The predicted molar refractivity (Wildman–Crippen MR) is 97.9 cm³/mol. The van der Waals surface area contributed by atoms with E-state index < -0.39 is 0 Å². The summed E-state index contributed by atoms with van der Waals surface area (Å²) in [5.41, 5.74) is 1.49. The van der Waals surface area contributed by atoms with Gasteiger partial charge in [0.15, 0.2) is 0 Å². The third-order valence-electron chi connectivity index (χ3n) is 3.50. The van der Waals surface area contributed by atoms with Gasteiger partial charge in [0, 0.05) is 10.7 Å². The van der Waals surface area contributed by atoms with Gasteiger partial charge in [-0.3, -0.25) is 4.79 Å². The first-order chi connectivity index (χ1) is 12.5. The molecule has 0 radical (unpaired) electrons. The fourth-order valence-electron chi connectivity index (χ4n) is 2.31. The molecule has 0 aliphatic rings. The molecule has 8 heteroatoms. The van der Waals surface area contributed by atoms with Crippen LogP contribution in [0.4, 0.5) is 11.6 Å². The highest BCUT2D eigenvalue weighted by molar-refractivity contribution is 6.31. The molecule has 0 unspecified atom stereocenters. The van der Waals surface area contributed by atoms with Gasteiger partial charge in [-0.15, -0.1) is 0 Å². The molecular weight excluding hydrogens is 356 g/mol. The maximum absolute atomic E-state index is 12.4. The van der Waals surface area contributed by atoms with Crippen molar-refractivity contribution in [3.63, 3.8) is 0 Å². The van der Waals surface area contributed by atoms with Gasteiger partial charge in [-0.2, -0.15) is 0 Å². The average Bonchev–Trinajstić information content (AvgIpc) is 3.13. The Morgan fingerprint density at radius 3 is 2.85 bits per heavy atom. The van der Waals surface area contributed by atoms with Crippen molar-refractivity contribution in [3.05, 3.63) is 64.8 Å². The number of carbonyl (C=O) groups excluding carboxylic acids is 1. The van der Waals surface area contributed by atoms with Crippen LogP contribution < -0.4 is 15.4 Å². The number of ether oxygens (including phenoxy) is 1. The lowest BCUT2D eigenvalue weighted by atomic mass is 10.3. The molecule has 0 spiro atoms. The molecule has 0 fully saturated rings. The van der Waals surface area contributed by atoms with Crippen LogP contribution in [0.5, 0.6) is 5.75 Å². The number of benzene rings is 1. The highest BCUT2D eigenvalue weighted by atomic mass is 35.5. The first-order valence-corrected chi connectivity index (χ1v) is 8.20. The summed E-state index contributed by atoms with van der Waals surface area (Å²) in [6.45, 7) is 2.06. The van der Waals surface area contributed by atoms with E-state index >= 15 is 0 Å². The van der Waals surface area contributed by atoms with Gasteiger partial charge in [-0.05, 0) is 43.3 Å². The van der Waals surface area contributed by atoms with Crippen molar-refractivity contribution in [3.8, 4) is 5.75 Å². The summed E-state index contributed by atoms with van der Waals surface area (Å²) in [6, 6.07) is 10.3. The van der Waals surface area contributed by atoms with E-state index in [0.29, 0.717) is 27.9 Å². The lowest BCUT2D eigenvalue weighted by Gasteiger charge is -2.12. The number of aryl methyl sites for hydroxylation is 1. The number of hydrogen-bond donors (Lipinski definition) is 2. The van der Waals surface area contributed by atoms with E-state index in [9.17, 15) is 4.79 Å². The van der Waals surface area contributed by atoms with E-state index in [-0.39, 0.29) is 24.1 Å². The zero-order valence-corrected chi connectivity index (χ0v) is 15.0. The summed E-state index contributed by atoms with van der Waals surface area (Å²) < 4.78 is 10.5. The lowest BCUT2D eigenvalue weighted by Crippen LogP contribution is -2.24. The van der Waals surface area contributed by atoms with Crippen LogP contribution in [0.1, 0.15) is 21.9 Å². The number of nitrogens with zero attached hydrogens (tertiary/aromatic N) is 2. The fraction of sp³-hybridized carbons (Fsp3) is 0.167. The molecule has 0 saturated heterocycles. The summed E-state index contributed by atoms with van der Waals surface area (Å²) in [6.07, 6.45) is 1.55. The van der Waals surface area contributed by atoms with Crippen LogP contribution in [0.15, 0.2) is 47.1 Å². The standard InChI is InChI=1S/C18H17ClN4O3/c1-11-8-15(17(24)20-10-13-4-3-7-26-13)23-18(21-11)22-14-9-12(19)5-6-16(14)25-2/h3-9H,10H2,1-2H3,(H,20,24)(H,21,22,23). The summed E-state index contributed by atoms with van der Waals surface area (Å²) in [7, 11) is 1.55. The van der Waals surface area contributed by atoms with Gasteiger partial charge in [0.1, 0.15) is 17.2 Å². The van der Waals surface area contributed by atoms with E-state index in [1.165, 1.54) is 0 Å². The minimum absolute atomic E-state index is 0.243. The van der Waals surface area contributed by atoms with Crippen molar-refractivity contribution >= 4 is 29.1 Å². The third-order valence-corrected chi connectivity index (χ3v) is 3.73. The highest BCUT2D eigenvalue weighted by Gasteiger charge is 2.13. The molecule has 7 nitrogen and oxygen atoms in total. The number of hydrogen-bond acceptors (Lipinski definition) is 6. The minimum Gasteiger partial charge on any atom is -0.495 e. The zero-order valence-electron chi connectivity index (χ0n) is 14.2. The van der Waals surface area contributed by atoms with Crippen molar-refractivity contribution in [1.29, 1.82) is 0 Å². The second kappa shape index (κ2) is 7.88. The van der Waals surface area contributed by atoms with Crippen LogP contribution in [-0.4, -0.2) is 23.0 Å². The number of nitrogens with one attached hydrogen (secondary N) is 2. The van der Waals surface area contributed by atoms with Crippen molar-refractivity contribution in [2.24, 2.45) is 0 Å². The van der Waals surface area contributed by atoms with E-state index in [2.05, 4.69) is 20.6 Å². The molecule has 2 heterocycles. The third kappa shape index (κ3) is 4.31. The van der Waals surface area contributed by atoms with Crippen LogP contribution in [0.3, 0.4) is 0 Å². The van der Waals surface area contributed by atoms with Crippen molar-refractivity contribution in [2.45, 2.75) is 13.5 Å². The molecule has 2 aromatic heterocycles. The minimum atomic E-state index is -0.326. The molecule has 3 rings (SSSR count). The molecule has 0 atom stereocenters. The second-order valence-electron chi connectivity index (χ2n) is 5.45. The number of rotatable bonds is 6. The number of aromatic nitrogens is 2. The number of amides is 1. The van der Waals surface area contributed by atoms with Crippen LogP contribution in [0.25, 0.3) is 0 Å². The molecule has 1 aromatic carbocycles. The van der Waals surface area contributed by atoms with Crippen LogP contribution in [-0.2, 0) is 6.54 Å². The van der Waals surface area contributed by atoms with E-state index in [0.717, 1.165) is 0 Å². The van der Waals surface area contributed by atoms with Gasteiger partial charge >= 0.3 is 0 Å². The molecule has 3 aromatic rings. The van der Waals surface area contributed by atoms with Crippen molar-refractivity contribution in [2.75, 3.05) is 12.4 Å². The molecule has 2 N–H and O–H groups in total. The van der Waals surface area contributed by atoms with Gasteiger partial charge in [-0.1, -0.05) is 11.6 Å². The Labute approximate surface area is 155 Å². The van der Waals surface area contributed by atoms with Crippen LogP contribution in [0, 0.1) is 6.92 Å². The number of carbonyl (C=O) groups is 1. The smallest absolute Gasteiger partial charge is 0.270 e. The quantitative estimate of drug-likeness (QED) is 0.685. The molecule has 1 amide bonds. The maximum atomic E-state index is 12.4. The Balaban J connectivity index is 1.79. The van der Waals surface area contributed by atoms with Crippen molar-refractivity contribution in [1.82, 2.24) is 15.3 Å². The second-order valence-corrected chi connectivity index (χ2v) is 5.89. The van der Waals surface area contributed by atoms with E-state index in [1.54, 1.807) is 56.7 Å². The first-order valence-electron chi connectivity index (χ1n) is 7.82. The largest absolute Gasteiger partial charge is 0.495 e. The molecule has 0 aliphatic heterocycles. The molecule has 0 bridgehead atoms. The molecule has 26 heavy (non-hydrogen) atoms. The Hall–Kier alpha value is -3.06. The number of anilines is 2. The molecule has 0 saturated carbocycles. The maximum Gasteiger partial charge on any atom is 0.270 e. The van der Waals surface area contributed by atoms with Crippen LogP contribution >= 0.6 is 11.6 Å². The SMILES string of the molecule is COc1ccc(Cl)cc1Nc1nc(C)cc(C(=O)NCc2ccco2)n1. The monoisotopic (exact) mass is 372 g/mol. The van der Waals surface area contributed by atoms with Gasteiger partial charge in [0.05, 0.1) is 25.6 Å². The van der Waals surface area contributed by atoms with E-state index in [4.69, 9.17) is 20.8 Å². The number of furan rings is 1. The average molecular weight is 373 g/mol. The van der Waals surface area contributed by atoms with E-state index in [1.807, 2.05) is 0 Å². The summed E-state index contributed by atoms with van der Waals surface area (Å²) in [4.78, 5) is 20.9. The highest BCUT2D eigenvalue weighted by Crippen LogP contribution is 2.29. The Kier molecular flexibility index (Phi) is 5.38. The van der Waals surface area contributed by atoms with Crippen LogP contribution in [0.2, 0.25) is 5.02 Å². The Bertz CT molecular complexity index is 913. The molecule has 134 valence electrons. The fourth-order valence-corrected chi connectivity index (χ4v) is 2.48. The van der Waals surface area contributed by atoms with Gasteiger partial charge in [0.25, 0.3) is 5.91 Å². The normalized spacial score (nSPS) is 10.4. The van der Waals surface area contributed by atoms with Crippen molar-refractivity contribution < 1.29 is 13.9 Å². The number of halogens is 1. The van der Waals surface area contributed by atoms with Gasteiger partial charge in [0.2, 0.25) is 5.95 Å². The first kappa shape index (κ1) is 17.8. The zero-order chi connectivity index (χ0) is 18.5. The van der Waals surface area contributed by atoms with Gasteiger partial charge in [-0.25, -0.2) is 9.97 Å². The number of methoxy groups -OCH3 is 1. The lowest BCUT2D eigenvalue weighted by molar-refractivity contribution is 0.0943. The molecule has 0 aliphatic carbocycles. The molecular formula is C18H17ClN4O3. The summed E-state index contributed by atoms with van der Waals surface area (Å²) in [5.74, 6) is 1.19. The topological polar surface area (TPSA) is 89.3 Å². The summed E-state index contributed by atoms with van der Waals surface area (Å²) in [5, 5.41) is 6.33. The Morgan fingerprint density at radius 2 is 2.12 bits per heavy atom. The van der Waals surface area contributed by atoms with Gasteiger partial charge < -0.3 is 19.8 Å². The predicted octanol–water partition coefficient (Wildman–Crippen LogP) is 3.71. The summed E-state index contributed by atoms with van der Waals surface area (Å²) >= 11 is 6.03. The Morgan fingerprint density at radius 1 is 1.27 bits per heavy atom.